The Morgan fingerprint density at radius 1 is 1.53 bits per heavy atom. The van der Waals surface area contributed by atoms with Gasteiger partial charge in [-0.1, -0.05) is 13.8 Å². The van der Waals surface area contributed by atoms with Crippen LogP contribution in [0.4, 0.5) is 5.69 Å². The number of nitrogens with two attached hydrogens (primary N) is 1. The fraction of sp³-hybridized carbons (Fsp3) is 0.545. The summed E-state index contributed by atoms with van der Waals surface area (Å²) in [6.07, 6.45) is 3.07. The first-order valence-electron chi connectivity index (χ1n) is 5.87. The molecule has 1 rings (SSSR count). The van der Waals surface area contributed by atoms with Crippen LogP contribution in [0.1, 0.15) is 36.1 Å². The largest absolute Gasteiger partial charge is 0.350 e. The summed E-state index contributed by atoms with van der Waals surface area (Å²) in [4.78, 5) is 20.3. The first kappa shape index (κ1) is 15.5. The highest BCUT2D eigenvalue weighted by Gasteiger charge is 2.15. The second kappa shape index (κ2) is 7.15. The molecule has 0 saturated carbocycles. The molecule has 1 atom stereocenters. The van der Waals surface area contributed by atoms with Crippen LogP contribution in [0.5, 0.6) is 0 Å². The van der Waals surface area contributed by atoms with Crippen LogP contribution in [0, 0.1) is 0 Å². The van der Waals surface area contributed by atoms with Gasteiger partial charge in [-0.25, -0.2) is 9.97 Å². The lowest BCUT2D eigenvalue weighted by molar-refractivity contribution is 0.0951. The number of hydrogen-bond donors (Lipinski definition) is 3. The van der Waals surface area contributed by atoms with Crippen molar-refractivity contribution in [1.82, 2.24) is 15.3 Å². The van der Waals surface area contributed by atoms with Crippen molar-refractivity contribution in [2.24, 2.45) is 5.84 Å². The van der Waals surface area contributed by atoms with E-state index < -0.39 is 10.8 Å². The van der Waals surface area contributed by atoms with Crippen LogP contribution in [0.3, 0.4) is 0 Å². The second-order valence-electron chi connectivity index (χ2n) is 4.32. The lowest BCUT2D eigenvalue weighted by atomic mass is 10.2. The third-order valence-electron chi connectivity index (χ3n) is 2.37. The highest BCUT2D eigenvalue weighted by atomic mass is 32.2. The maximum atomic E-state index is 12.0. The Kier molecular flexibility index (Phi) is 5.84. The van der Waals surface area contributed by atoms with Gasteiger partial charge in [0.15, 0.2) is 5.69 Å². The first-order valence-corrected chi connectivity index (χ1v) is 7.60. The van der Waals surface area contributed by atoms with Crippen molar-refractivity contribution in [3.05, 3.63) is 17.7 Å². The zero-order valence-corrected chi connectivity index (χ0v) is 12.1. The van der Waals surface area contributed by atoms with Crippen LogP contribution in [-0.2, 0) is 10.8 Å². The van der Waals surface area contributed by atoms with Gasteiger partial charge in [0.1, 0.15) is 5.82 Å². The second-order valence-corrected chi connectivity index (χ2v) is 5.88. The molecule has 7 nitrogen and oxygen atoms in total. The van der Waals surface area contributed by atoms with Crippen LogP contribution in [0.25, 0.3) is 0 Å². The highest BCUT2D eigenvalue weighted by Crippen LogP contribution is 2.15. The summed E-state index contributed by atoms with van der Waals surface area (Å²) in [5.74, 6) is 6.06. The monoisotopic (exact) mass is 285 g/mol. The van der Waals surface area contributed by atoms with Crippen molar-refractivity contribution in [3.8, 4) is 0 Å². The van der Waals surface area contributed by atoms with E-state index in [-0.39, 0.29) is 17.5 Å². The Morgan fingerprint density at radius 3 is 2.74 bits per heavy atom. The Morgan fingerprint density at radius 2 is 2.21 bits per heavy atom. The van der Waals surface area contributed by atoms with Gasteiger partial charge >= 0.3 is 0 Å². The number of rotatable bonds is 6. The Hall–Kier alpha value is -1.54. The third-order valence-corrected chi connectivity index (χ3v) is 3.15. The van der Waals surface area contributed by atoms with Crippen LogP contribution < -0.4 is 16.6 Å². The molecule has 0 radical (unpaired) electrons. The minimum Gasteiger partial charge on any atom is -0.350 e. The van der Waals surface area contributed by atoms with E-state index in [1.54, 1.807) is 6.26 Å². The number of carbonyl (C=O) groups excluding carboxylic acids is 1. The lowest BCUT2D eigenvalue weighted by Gasteiger charge is -2.11. The minimum absolute atomic E-state index is 0.113. The SMILES string of the molecule is CC(C)c1ncc(NN)c(C(=O)NCCS(C)=O)n1. The van der Waals surface area contributed by atoms with Gasteiger partial charge in [0.05, 0.1) is 11.9 Å². The third kappa shape index (κ3) is 4.56. The molecule has 0 aliphatic carbocycles. The fourth-order valence-corrected chi connectivity index (χ4v) is 1.73. The van der Waals surface area contributed by atoms with Crippen molar-refractivity contribution in [2.75, 3.05) is 24.0 Å². The summed E-state index contributed by atoms with van der Waals surface area (Å²) in [6.45, 7) is 4.20. The maximum absolute atomic E-state index is 12.0. The van der Waals surface area contributed by atoms with E-state index in [1.807, 2.05) is 13.8 Å². The van der Waals surface area contributed by atoms with E-state index in [0.29, 0.717) is 23.8 Å². The molecule has 1 heterocycles. The van der Waals surface area contributed by atoms with Gasteiger partial charge in [0.25, 0.3) is 5.91 Å². The molecule has 1 unspecified atom stereocenters. The molecule has 4 N–H and O–H groups in total. The zero-order chi connectivity index (χ0) is 14.4. The summed E-state index contributed by atoms with van der Waals surface area (Å²) in [5, 5.41) is 2.65. The number of hydrogen-bond acceptors (Lipinski definition) is 6. The average Bonchev–Trinajstić information content (AvgIpc) is 2.37. The molecule has 1 aromatic heterocycles. The fourth-order valence-electron chi connectivity index (χ4n) is 1.34. The topological polar surface area (TPSA) is 110 Å². The molecule has 106 valence electrons. The van der Waals surface area contributed by atoms with Crippen LogP contribution >= 0.6 is 0 Å². The van der Waals surface area contributed by atoms with E-state index in [0.717, 1.165) is 0 Å². The Labute approximate surface area is 114 Å². The number of hydrazine groups is 1. The Balaban J connectivity index is 2.86. The lowest BCUT2D eigenvalue weighted by Crippen LogP contribution is -2.30. The summed E-state index contributed by atoms with van der Waals surface area (Å²) < 4.78 is 10.9. The van der Waals surface area contributed by atoms with Crippen molar-refractivity contribution < 1.29 is 9.00 Å². The number of aromatic nitrogens is 2. The van der Waals surface area contributed by atoms with Gasteiger partial charge in [0.2, 0.25) is 0 Å². The maximum Gasteiger partial charge on any atom is 0.272 e. The van der Waals surface area contributed by atoms with Crippen molar-refractivity contribution >= 4 is 22.4 Å². The number of amides is 1. The smallest absolute Gasteiger partial charge is 0.272 e. The molecule has 0 aliphatic rings. The van der Waals surface area contributed by atoms with Crippen molar-refractivity contribution in [1.29, 1.82) is 0 Å². The molecule has 19 heavy (non-hydrogen) atoms. The van der Waals surface area contributed by atoms with Gasteiger partial charge in [-0.15, -0.1) is 0 Å². The van der Waals surface area contributed by atoms with Gasteiger partial charge in [0, 0.05) is 35.3 Å². The molecule has 0 aliphatic heterocycles. The molecular weight excluding hydrogens is 266 g/mol. The predicted octanol–water partition coefficient (Wildman–Crippen LogP) is -0.00610. The van der Waals surface area contributed by atoms with Crippen LogP contribution in [0.2, 0.25) is 0 Å². The molecular formula is C11H19N5O2S. The van der Waals surface area contributed by atoms with Crippen molar-refractivity contribution in [2.45, 2.75) is 19.8 Å². The minimum atomic E-state index is -0.945. The molecule has 0 aromatic carbocycles. The van der Waals surface area contributed by atoms with E-state index in [9.17, 15) is 9.00 Å². The molecule has 1 amide bonds. The Bertz CT molecular complexity index is 478. The van der Waals surface area contributed by atoms with E-state index in [1.165, 1.54) is 6.20 Å². The number of nitrogens with zero attached hydrogens (tertiary/aromatic N) is 2. The average molecular weight is 285 g/mol. The molecule has 0 saturated heterocycles. The zero-order valence-electron chi connectivity index (χ0n) is 11.3. The summed E-state index contributed by atoms with van der Waals surface area (Å²) in [7, 11) is -0.945. The van der Waals surface area contributed by atoms with Gasteiger partial charge in [-0.3, -0.25) is 14.8 Å². The van der Waals surface area contributed by atoms with Gasteiger partial charge in [-0.05, 0) is 0 Å². The van der Waals surface area contributed by atoms with E-state index >= 15 is 0 Å². The van der Waals surface area contributed by atoms with Crippen LogP contribution in [-0.4, -0.2) is 38.6 Å². The van der Waals surface area contributed by atoms with Gasteiger partial charge in [-0.2, -0.15) is 0 Å². The number of carbonyl (C=O) groups is 1. The quantitative estimate of drug-likeness (QED) is 0.501. The number of nitrogens with one attached hydrogen (secondary N) is 2. The summed E-state index contributed by atoms with van der Waals surface area (Å²) in [6, 6.07) is 0. The number of nitrogen functional groups attached to an aromatic ring is 1. The van der Waals surface area contributed by atoms with Crippen molar-refractivity contribution in [3.63, 3.8) is 0 Å². The molecule has 8 heteroatoms. The van der Waals surface area contributed by atoms with E-state index in [4.69, 9.17) is 5.84 Å². The summed E-state index contributed by atoms with van der Waals surface area (Å²) in [5.41, 5.74) is 2.95. The normalized spacial score (nSPS) is 12.3. The highest BCUT2D eigenvalue weighted by molar-refractivity contribution is 7.84. The first-order chi connectivity index (χ1) is 8.95. The molecule has 0 spiro atoms. The summed E-state index contributed by atoms with van der Waals surface area (Å²) >= 11 is 0. The number of anilines is 1. The van der Waals surface area contributed by atoms with E-state index in [2.05, 4.69) is 20.7 Å². The molecule has 1 aromatic rings. The standard InChI is InChI=1S/C11H19N5O2S/c1-7(2)10-14-6-8(16-12)9(15-10)11(17)13-4-5-19(3)18/h6-7,16H,4-5,12H2,1-3H3,(H,13,17). The van der Waals surface area contributed by atoms with Gasteiger partial charge < -0.3 is 10.7 Å². The molecule has 0 bridgehead atoms. The van der Waals surface area contributed by atoms with Crippen LogP contribution in [0.15, 0.2) is 6.20 Å². The predicted molar refractivity (Wildman–Crippen MR) is 75.2 cm³/mol. The molecule has 0 fully saturated rings.